The maximum Gasteiger partial charge on any atom is 0.445 e. The zero-order valence-electron chi connectivity index (χ0n) is 11.3. The Kier molecular flexibility index (Phi) is 3.86. The molecule has 0 saturated carbocycles. The molecular weight excluding hydrogens is 296 g/mol. The van der Waals surface area contributed by atoms with Crippen LogP contribution in [0.2, 0.25) is 5.02 Å². The van der Waals surface area contributed by atoms with Crippen LogP contribution in [0.3, 0.4) is 0 Å². The third-order valence-electron chi connectivity index (χ3n) is 3.00. The summed E-state index contributed by atoms with van der Waals surface area (Å²) in [5.41, 5.74) is 5.55. The van der Waals surface area contributed by atoms with Gasteiger partial charge >= 0.3 is 11.9 Å². The number of nitrogens with zero attached hydrogens (tertiary/aromatic N) is 3. The summed E-state index contributed by atoms with van der Waals surface area (Å²) in [6.07, 6.45) is 0. The number of aliphatic imine (C=N–C) groups is 1. The van der Waals surface area contributed by atoms with E-state index < -0.39 is 17.8 Å². The lowest BCUT2D eigenvalue weighted by Crippen LogP contribution is -2.55. The van der Waals surface area contributed by atoms with E-state index in [0.29, 0.717) is 0 Å². The molecule has 7 nitrogen and oxygen atoms in total. The molecule has 0 saturated heterocycles. The number of benzene rings is 1. The molecule has 21 heavy (non-hydrogen) atoms. The first-order valence-electron chi connectivity index (χ1n) is 5.90. The van der Waals surface area contributed by atoms with Crippen molar-refractivity contribution in [2.45, 2.75) is 0 Å². The molecule has 0 radical (unpaired) electrons. The van der Waals surface area contributed by atoms with Crippen molar-refractivity contribution in [3.63, 3.8) is 0 Å². The smallest absolute Gasteiger partial charge is 0.316 e. The summed E-state index contributed by atoms with van der Waals surface area (Å²) in [6, 6.07) is 5.71. The van der Waals surface area contributed by atoms with Crippen molar-refractivity contribution in [3.05, 3.63) is 34.9 Å². The number of hydrogen-bond acceptors (Lipinski definition) is 4. The van der Waals surface area contributed by atoms with Gasteiger partial charge < -0.3 is 5.73 Å². The monoisotopic (exact) mass is 307 g/mol. The minimum atomic E-state index is -0.740. The lowest BCUT2D eigenvalue weighted by Gasteiger charge is -2.17. The summed E-state index contributed by atoms with van der Waals surface area (Å²) in [7, 11) is 2.67. The van der Waals surface area contributed by atoms with Gasteiger partial charge in [-0.25, -0.2) is 9.59 Å². The van der Waals surface area contributed by atoms with E-state index in [0.717, 1.165) is 9.48 Å². The highest BCUT2D eigenvalue weighted by molar-refractivity contribution is 6.68. The van der Waals surface area contributed by atoms with Crippen molar-refractivity contribution < 1.29 is 19.0 Å². The second-order valence-corrected chi connectivity index (χ2v) is 4.74. The molecule has 1 aliphatic heterocycles. The van der Waals surface area contributed by atoms with Crippen molar-refractivity contribution in [1.29, 1.82) is 0 Å². The maximum absolute atomic E-state index is 12.1. The van der Waals surface area contributed by atoms with Gasteiger partial charge in [-0.3, -0.25) is 4.79 Å². The average molecular weight is 308 g/mol. The number of amidine groups is 1. The number of urea groups is 1. The number of rotatable bonds is 1. The molecular formula is C13H12ClN4O3+. The normalized spacial score (nSPS) is 17.7. The zero-order valence-corrected chi connectivity index (χ0v) is 12.1. The van der Waals surface area contributed by atoms with Crippen molar-refractivity contribution >= 4 is 41.0 Å². The highest BCUT2D eigenvalue weighted by Gasteiger charge is 2.39. The van der Waals surface area contributed by atoms with Crippen molar-refractivity contribution in [3.8, 4) is 0 Å². The number of halogens is 1. The number of nitrogens with two attached hydrogens (primary N) is 1. The molecule has 1 aliphatic rings. The van der Waals surface area contributed by atoms with E-state index in [4.69, 9.17) is 17.3 Å². The quantitative estimate of drug-likeness (QED) is 0.765. The molecule has 108 valence electrons. The molecule has 0 aliphatic carbocycles. The highest BCUT2D eigenvalue weighted by atomic mass is 35.5. The van der Waals surface area contributed by atoms with Crippen LogP contribution < -0.4 is 5.73 Å². The lowest BCUT2D eigenvalue weighted by molar-refractivity contribution is -0.401. The first kappa shape index (κ1) is 14.9. The Morgan fingerprint density at radius 2 is 1.95 bits per heavy atom. The third-order valence-corrected chi connectivity index (χ3v) is 3.33. The van der Waals surface area contributed by atoms with Crippen molar-refractivity contribution in [1.82, 2.24) is 4.90 Å². The van der Waals surface area contributed by atoms with Crippen LogP contribution in [0.5, 0.6) is 0 Å². The Hall–Kier alpha value is -2.54. The molecule has 0 fully saturated rings. The topological polar surface area (TPSA) is 95.8 Å². The second kappa shape index (κ2) is 5.45. The molecule has 4 amide bonds. The van der Waals surface area contributed by atoms with Crippen molar-refractivity contribution in [2.75, 3.05) is 14.1 Å². The van der Waals surface area contributed by atoms with Gasteiger partial charge in [0.15, 0.2) is 0 Å². The van der Waals surface area contributed by atoms with Gasteiger partial charge in [0, 0.05) is 0 Å². The number of hydrogen-bond donors (Lipinski definition) is 1. The zero-order chi connectivity index (χ0) is 15.7. The number of amides is 4. The van der Waals surface area contributed by atoms with Crippen LogP contribution in [-0.4, -0.2) is 53.0 Å². The maximum atomic E-state index is 12.1. The molecule has 2 N–H and O–H groups in total. The van der Waals surface area contributed by atoms with Gasteiger partial charge in [-0.05, 0) is 12.1 Å². The van der Waals surface area contributed by atoms with Gasteiger partial charge in [0.2, 0.25) is 5.71 Å². The molecule has 1 heterocycles. The van der Waals surface area contributed by atoms with E-state index in [2.05, 4.69) is 4.99 Å². The van der Waals surface area contributed by atoms with Crippen LogP contribution in [0.15, 0.2) is 29.3 Å². The van der Waals surface area contributed by atoms with Crippen LogP contribution in [-0.2, 0) is 4.79 Å². The summed E-state index contributed by atoms with van der Waals surface area (Å²) in [5, 5.41) is 0.214. The lowest BCUT2D eigenvalue weighted by atomic mass is 10.2. The van der Waals surface area contributed by atoms with Crippen LogP contribution in [0.4, 0.5) is 4.79 Å². The average Bonchev–Trinajstić information content (AvgIpc) is 2.48. The molecule has 0 unspecified atom stereocenters. The standard InChI is InChI=1S/C13H11ClN4O3/c1-17-10(15)9(12(20)18(2)13(17)21)16-11(19)7-5-3-4-6-8(7)14/h3-6,15H,1-2H3/p+1. The molecule has 0 aromatic heterocycles. The number of carbonyl (C=O) groups is 3. The van der Waals surface area contributed by atoms with E-state index in [1.807, 2.05) is 0 Å². The van der Waals surface area contributed by atoms with Crippen LogP contribution in [0.25, 0.3) is 0 Å². The Labute approximate surface area is 125 Å². The molecule has 2 rings (SSSR count). The van der Waals surface area contributed by atoms with Crippen LogP contribution >= 0.6 is 11.6 Å². The SMILES string of the molecule is CN1C(=O)C(=NC(=O)c2ccccc2Cl)C(N)=[N+](C)C1=O. The van der Waals surface area contributed by atoms with Gasteiger partial charge in [0.05, 0.1) is 24.7 Å². The number of imide groups is 1. The summed E-state index contributed by atoms with van der Waals surface area (Å²) in [6.45, 7) is 0. The van der Waals surface area contributed by atoms with Gasteiger partial charge in [-0.15, -0.1) is 0 Å². The van der Waals surface area contributed by atoms with Crippen LogP contribution in [0, 0.1) is 0 Å². The van der Waals surface area contributed by atoms with E-state index in [-0.39, 0.29) is 22.1 Å². The molecule has 1 aromatic rings. The van der Waals surface area contributed by atoms with E-state index in [1.165, 1.54) is 26.2 Å². The summed E-state index contributed by atoms with van der Waals surface area (Å²) in [4.78, 5) is 40.3. The largest absolute Gasteiger partial charge is 0.445 e. The van der Waals surface area contributed by atoms with E-state index in [9.17, 15) is 14.4 Å². The van der Waals surface area contributed by atoms with Gasteiger partial charge in [0.1, 0.15) is 0 Å². The molecule has 0 spiro atoms. The summed E-state index contributed by atoms with van der Waals surface area (Å²) in [5.74, 6) is -1.62. The minimum absolute atomic E-state index is 0.148. The fourth-order valence-corrected chi connectivity index (χ4v) is 1.96. The number of carbonyl (C=O) groups excluding carboxylic acids is 3. The molecule has 0 bridgehead atoms. The Morgan fingerprint density at radius 1 is 1.33 bits per heavy atom. The highest BCUT2D eigenvalue weighted by Crippen LogP contribution is 2.16. The Morgan fingerprint density at radius 3 is 2.57 bits per heavy atom. The van der Waals surface area contributed by atoms with E-state index in [1.54, 1.807) is 12.1 Å². The van der Waals surface area contributed by atoms with Gasteiger partial charge in [0.25, 0.3) is 11.7 Å². The second-order valence-electron chi connectivity index (χ2n) is 4.34. The van der Waals surface area contributed by atoms with Gasteiger partial charge in [-0.2, -0.15) is 14.5 Å². The predicted octanol–water partition coefficient (Wildman–Crippen LogP) is 0.513. The molecule has 1 aromatic carbocycles. The van der Waals surface area contributed by atoms with E-state index >= 15 is 0 Å². The minimum Gasteiger partial charge on any atom is -0.316 e. The van der Waals surface area contributed by atoms with Gasteiger partial charge in [-0.1, -0.05) is 23.7 Å². The molecule has 8 heteroatoms. The first-order valence-corrected chi connectivity index (χ1v) is 6.28. The molecule has 0 atom stereocenters. The predicted molar refractivity (Wildman–Crippen MR) is 76.8 cm³/mol. The van der Waals surface area contributed by atoms with Crippen molar-refractivity contribution in [2.24, 2.45) is 10.7 Å². The third kappa shape index (κ3) is 2.55. The Balaban J connectivity index is 2.50. The Bertz CT molecular complexity index is 724. The van der Waals surface area contributed by atoms with Crippen LogP contribution in [0.1, 0.15) is 10.4 Å². The fourth-order valence-electron chi connectivity index (χ4n) is 1.74. The fraction of sp³-hybridized carbons (Fsp3) is 0.154. The summed E-state index contributed by atoms with van der Waals surface area (Å²) < 4.78 is 1.04. The summed E-state index contributed by atoms with van der Waals surface area (Å²) >= 11 is 5.90. The first-order chi connectivity index (χ1) is 9.84.